The van der Waals surface area contributed by atoms with E-state index in [0.717, 1.165) is 17.7 Å². The van der Waals surface area contributed by atoms with Gasteiger partial charge in [0.15, 0.2) is 0 Å². The summed E-state index contributed by atoms with van der Waals surface area (Å²) in [5.74, 6) is -0.609. The van der Waals surface area contributed by atoms with Crippen LogP contribution >= 0.6 is 11.6 Å². The first-order valence-electron chi connectivity index (χ1n) is 6.61. The van der Waals surface area contributed by atoms with Crippen molar-refractivity contribution in [3.05, 3.63) is 64.2 Å². The normalized spacial score (nSPS) is 17.3. The Labute approximate surface area is 129 Å². The van der Waals surface area contributed by atoms with Gasteiger partial charge in [0, 0.05) is 10.7 Å². The van der Waals surface area contributed by atoms with Gasteiger partial charge in [0.05, 0.1) is 11.5 Å². The van der Waals surface area contributed by atoms with Crippen molar-refractivity contribution in [1.29, 1.82) is 0 Å². The molecule has 1 N–H and O–H groups in total. The van der Waals surface area contributed by atoms with E-state index in [2.05, 4.69) is 5.32 Å². The van der Waals surface area contributed by atoms with E-state index in [0.29, 0.717) is 22.7 Å². The number of benzene rings is 2. The summed E-state index contributed by atoms with van der Waals surface area (Å²) in [6, 6.07) is 9.98. The third-order valence-corrected chi connectivity index (χ3v) is 3.92. The van der Waals surface area contributed by atoms with Crippen LogP contribution in [0.2, 0.25) is 5.02 Å². The molecular formula is C16H11ClF3NO. The molecule has 3 rings (SSSR count). The number of anilines is 1. The molecule has 0 spiro atoms. The van der Waals surface area contributed by atoms with Crippen LogP contribution in [0.5, 0.6) is 0 Å². The number of hydrogen-bond acceptors (Lipinski definition) is 1. The van der Waals surface area contributed by atoms with Crippen molar-refractivity contribution in [2.24, 2.45) is 0 Å². The molecule has 6 heteroatoms. The highest BCUT2D eigenvalue weighted by atomic mass is 35.5. The number of amides is 1. The van der Waals surface area contributed by atoms with Crippen molar-refractivity contribution in [3.8, 4) is 0 Å². The van der Waals surface area contributed by atoms with Crippen molar-refractivity contribution in [2.75, 3.05) is 5.32 Å². The Morgan fingerprint density at radius 2 is 1.77 bits per heavy atom. The Balaban J connectivity index is 1.85. The average molecular weight is 326 g/mol. The van der Waals surface area contributed by atoms with E-state index in [9.17, 15) is 18.0 Å². The van der Waals surface area contributed by atoms with Crippen molar-refractivity contribution in [2.45, 2.75) is 18.5 Å². The van der Waals surface area contributed by atoms with E-state index in [1.54, 1.807) is 18.2 Å². The zero-order valence-electron chi connectivity index (χ0n) is 11.2. The predicted molar refractivity (Wildman–Crippen MR) is 78.0 cm³/mol. The number of alkyl halides is 3. The van der Waals surface area contributed by atoms with E-state index in [-0.39, 0.29) is 5.91 Å². The molecule has 0 fully saturated rings. The van der Waals surface area contributed by atoms with E-state index in [1.165, 1.54) is 12.1 Å². The number of fused-ring (bicyclic) bond motifs is 1. The molecule has 22 heavy (non-hydrogen) atoms. The molecule has 0 saturated carbocycles. The van der Waals surface area contributed by atoms with Gasteiger partial charge in [-0.3, -0.25) is 4.79 Å². The fraction of sp³-hybridized carbons (Fsp3) is 0.188. The maximum atomic E-state index is 12.5. The summed E-state index contributed by atoms with van der Waals surface area (Å²) in [7, 11) is 0. The number of carbonyl (C=O) groups is 1. The molecule has 1 amide bonds. The molecule has 0 radical (unpaired) electrons. The topological polar surface area (TPSA) is 29.1 Å². The second kappa shape index (κ2) is 5.32. The second-order valence-electron chi connectivity index (χ2n) is 5.17. The SMILES string of the molecule is O=C1Nc2ccc(Cl)cc2C1Cc1ccc(C(F)(F)F)cc1. The van der Waals surface area contributed by atoms with Crippen molar-refractivity contribution >= 4 is 23.2 Å². The fourth-order valence-corrected chi connectivity index (χ4v) is 2.75. The minimum absolute atomic E-state index is 0.169. The maximum absolute atomic E-state index is 12.5. The first-order valence-corrected chi connectivity index (χ1v) is 6.99. The molecule has 0 aromatic heterocycles. The summed E-state index contributed by atoms with van der Waals surface area (Å²) in [6.07, 6.45) is -4.03. The van der Waals surface area contributed by atoms with Crippen LogP contribution in [0.1, 0.15) is 22.6 Å². The Bertz CT molecular complexity index is 725. The van der Waals surface area contributed by atoms with E-state index < -0.39 is 17.7 Å². The van der Waals surface area contributed by atoms with Gasteiger partial charge in [0.1, 0.15) is 0 Å². The lowest BCUT2D eigenvalue weighted by molar-refractivity contribution is -0.137. The zero-order chi connectivity index (χ0) is 15.9. The van der Waals surface area contributed by atoms with E-state index in [1.807, 2.05) is 0 Å². The quantitative estimate of drug-likeness (QED) is 0.856. The van der Waals surface area contributed by atoms with Gasteiger partial charge in [-0.25, -0.2) is 0 Å². The summed E-state index contributed by atoms with van der Waals surface area (Å²) in [6.45, 7) is 0. The molecule has 114 valence electrons. The molecule has 1 heterocycles. The molecular weight excluding hydrogens is 315 g/mol. The Kier molecular flexibility index (Phi) is 3.60. The van der Waals surface area contributed by atoms with Crippen LogP contribution in [0, 0.1) is 0 Å². The highest BCUT2D eigenvalue weighted by Crippen LogP contribution is 2.37. The van der Waals surface area contributed by atoms with Crippen molar-refractivity contribution in [1.82, 2.24) is 0 Å². The number of hydrogen-bond donors (Lipinski definition) is 1. The van der Waals surface area contributed by atoms with Gasteiger partial charge < -0.3 is 5.32 Å². The zero-order valence-corrected chi connectivity index (χ0v) is 12.0. The summed E-state index contributed by atoms with van der Waals surface area (Å²) in [5, 5.41) is 3.27. The van der Waals surface area contributed by atoms with Crippen LogP contribution in [-0.2, 0) is 17.4 Å². The summed E-state index contributed by atoms with van der Waals surface area (Å²) in [5.41, 5.74) is 1.44. The third-order valence-electron chi connectivity index (χ3n) is 3.68. The molecule has 2 aromatic rings. The van der Waals surface area contributed by atoms with Crippen molar-refractivity contribution < 1.29 is 18.0 Å². The largest absolute Gasteiger partial charge is 0.416 e. The lowest BCUT2D eigenvalue weighted by atomic mass is 9.93. The van der Waals surface area contributed by atoms with Crippen LogP contribution in [-0.4, -0.2) is 5.91 Å². The van der Waals surface area contributed by atoms with Gasteiger partial charge in [-0.15, -0.1) is 0 Å². The van der Waals surface area contributed by atoms with Gasteiger partial charge in [-0.1, -0.05) is 23.7 Å². The number of nitrogens with one attached hydrogen (secondary N) is 1. The predicted octanol–water partition coefficient (Wildman–Crippen LogP) is 4.64. The Hall–Kier alpha value is -2.01. The molecule has 0 saturated heterocycles. The summed E-state index contributed by atoms with van der Waals surface area (Å²) >= 11 is 5.95. The van der Waals surface area contributed by atoms with Gasteiger partial charge in [-0.05, 0) is 47.9 Å². The van der Waals surface area contributed by atoms with Crippen molar-refractivity contribution in [3.63, 3.8) is 0 Å². The molecule has 1 aliphatic heterocycles. The maximum Gasteiger partial charge on any atom is 0.416 e. The van der Waals surface area contributed by atoms with E-state index >= 15 is 0 Å². The number of halogens is 4. The van der Waals surface area contributed by atoms with Gasteiger partial charge in [0.25, 0.3) is 0 Å². The molecule has 0 aliphatic carbocycles. The molecule has 2 nitrogen and oxygen atoms in total. The standard InChI is InChI=1S/C16H11ClF3NO/c17-11-5-6-14-12(8-11)13(15(22)21-14)7-9-1-3-10(4-2-9)16(18,19)20/h1-6,8,13H,7H2,(H,21,22). The van der Waals surface area contributed by atoms with Gasteiger partial charge in [-0.2, -0.15) is 13.2 Å². The molecule has 1 atom stereocenters. The lowest BCUT2D eigenvalue weighted by Gasteiger charge is -2.11. The smallest absolute Gasteiger partial charge is 0.325 e. The third kappa shape index (κ3) is 2.81. The van der Waals surface area contributed by atoms with Crippen LogP contribution in [0.15, 0.2) is 42.5 Å². The monoisotopic (exact) mass is 325 g/mol. The number of carbonyl (C=O) groups excluding carboxylic acids is 1. The Morgan fingerprint density at radius 3 is 2.41 bits per heavy atom. The molecule has 0 bridgehead atoms. The van der Waals surface area contributed by atoms with Gasteiger partial charge in [0.2, 0.25) is 5.91 Å². The fourth-order valence-electron chi connectivity index (χ4n) is 2.56. The molecule has 1 unspecified atom stereocenters. The second-order valence-corrected chi connectivity index (χ2v) is 5.61. The van der Waals surface area contributed by atoms with Crippen LogP contribution in [0.3, 0.4) is 0 Å². The lowest BCUT2D eigenvalue weighted by Crippen LogP contribution is -2.14. The Morgan fingerprint density at radius 1 is 1.09 bits per heavy atom. The number of rotatable bonds is 2. The minimum atomic E-state index is -4.36. The molecule has 2 aromatic carbocycles. The minimum Gasteiger partial charge on any atom is -0.325 e. The summed E-state index contributed by atoms with van der Waals surface area (Å²) in [4.78, 5) is 12.0. The highest BCUT2D eigenvalue weighted by molar-refractivity contribution is 6.31. The highest BCUT2D eigenvalue weighted by Gasteiger charge is 2.32. The first kappa shape index (κ1) is 14.9. The average Bonchev–Trinajstić information content (AvgIpc) is 2.75. The van der Waals surface area contributed by atoms with Crippen LogP contribution in [0.25, 0.3) is 0 Å². The van der Waals surface area contributed by atoms with Crippen LogP contribution in [0.4, 0.5) is 18.9 Å². The van der Waals surface area contributed by atoms with Crippen LogP contribution < -0.4 is 5.32 Å². The summed E-state index contributed by atoms with van der Waals surface area (Å²) < 4.78 is 37.6. The van der Waals surface area contributed by atoms with E-state index in [4.69, 9.17) is 11.6 Å². The first-order chi connectivity index (χ1) is 10.3. The van der Waals surface area contributed by atoms with Gasteiger partial charge >= 0.3 is 6.18 Å². The molecule has 1 aliphatic rings.